The number of carbonyl (C=O) groups is 2. The first-order valence-electron chi connectivity index (χ1n) is 10.9. The van der Waals surface area contributed by atoms with E-state index in [-0.39, 0.29) is 11.8 Å². The van der Waals surface area contributed by atoms with E-state index in [0.29, 0.717) is 24.2 Å². The number of hydrogen-bond acceptors (Lipinski definition) is 3. The van der Waals surface area contributed by atoms with Crippen LogP contribution in [0.2, 0.25) is 0 Å². The normalized spacial score (nSPS) is 15.3. The van der Waals surface area contributed by atoms with Gasteiger partial charge in [-0.3, -0.25) is 14.9 Å². The molecule has 2 amide bonds. The lowest BCUT2D eigenvalue weighted by Gasteiger charge is -2.09. The van der Waals surface area contributed by atoms with Crippen molar-refractivity contribution in [3.8, 4) is 0 Å². The van der Waals surface area contributed by atoms with Crippen molar-refractivity contribution in [2.75, 3.05) is 0 Å². The largest absolute Gasteiger partial charge is 0.342 e. The summed E-state index contributed by atoms with van der Waals surface area (Å²) in [5.41, 5.74) is 6.46. The van der Waals surface area contributed by atoms with Gasteiger partial charge in [-0.25, -0.2) is 4.98 Å². The third-order valence-corrected chi connectivity index (χ3v) is 6.59. The highest BCUT2D eigenvalue weighted by Gasteiger charge is 2.35. The first kappa shape index (κ1) is 18.2. The fraction of sp³-hybridized carbons (Fsp3) is 0.0741. The van der Waals surface area contributed by atoms with Crippen molar-refractivity contribution in [2.45, 2.75) is 13.1 Å². The lowest BCUT2D eigenvalue weighted by atomic mass is 9.96. The minimum Gasteiger partial charge on any atom is -0.342 e. The number of nitrogens with one attached hydrogen (secondary N) is 1. The Hall–Kier alpha value is -4.45. The number of nitrogens with zero attached hydrogens (tertiary/aromatic N) is 3. The van der Waals surface area contributed by atoms with E-state index in [0.717, 1.165) is 38.6 Å². The van der Waals surface area contributed by atoms with E-state index >= 15 is 0 Å². The van der Waals surface area contributed by atoms with Gasteiger partial charge < -0.3 is 9.13 Å². The summed E-state index contributed by atoms with van der Waals surface area (Å²) in [5, 5.41) is 4.34. The zero-order valence-corrected chi connectivity index (χ0v) is 17.6. The van der Waals surface area contributed by atoms with E-state index in [1.165, 1.54) is 5.56 Å². The summed E-state index contributed by atoms with van der Waals surface area (Å²) in [6.07, 6.45) is 5.71. The summed E-state index contributed by atoms with van der Waals surface area (Å²) in [4.78, 5) is 30.9. The summed E-state index contributed by atoms with van der Waals surface area (Å²) in [5.74, 6) is -0.733. The number of rotatable bonds is 0. The van der Waals surface area contributed by atoms with E-state index in [2.05, 4.69) is 49.8 Å². The molecular formula is C27H18N4O2. The van der Waals surface area contributed by atoms with Crippen molar-refractivity contribution in [3.05, 3.63) is 102 Å². The molecule has 6 nitrogen and oxygen atoms in total. The number of pyridine rings is 1. The van der Waals surface area contributed by atoms with Crippen LogP contribution in [-0.2, 0) is 22.7 Å². The van der Waals surface area contributed by atoms with Crippen molar-refractivity contribution in [3.63, 3.8) is 0 Å². The Morgan fingerprint density at radius 3 is 2.21 bits per heavy atom. The Kier molecular flexibility index (Phi) is 3.59. The number of fused-ring (bicyclic) bond motifs is 14. The highest BCUT2D eigenvalue weighted by atomic mass is 16.2. The van der Waals surface area contributed by atoms with Crippen LogP contribution in [-0.4, -0.2) is 25.9 Å². The smallest absolute Gasteiger partial charge is 0.259 e. The predicted octanol–water partition coefficient (Wildman–Crippen LogP) is 3.97. The van der Waals surface area contributed by atoms with Crippen LogP contribution in [0.25, 0.3) is 33.1 Å². The molecule has 0 saturated heterocycles. The molecular weight excluding hydrogens is 412 g/mol. The van der Waals surface area contributed by atoms with Gasteiger partial charge in [0, 0.05) is 59.1 Å². The molecule has 158 valence electrons. The Morgan fingerprint density at radius 1 is 0.727 bits per heavy atom. The average Bonchev–Trinajstić information content (AvgIpc) is 3.45. The molecule has 0 spiro atoms. The van der Waals surface area contributed by atoms with Crippen molar-refractivity contribution in [1.82, 2.24) is 19.4 Å². The van der Waals surface area contributed by atoms with Crippen LogP contribution in [0, 0.1) is 0 Å². The molecule has 5 aromatic rings. The highest BCUT2D eigenvalue weighted by Crippen LogP contribution is 2.39. The molecule has 2 aliphatic rings. The predicted molar refractivity (Wildman–Crippen MR) is 126 cm³/mol. The third-order valence-electron chi connectivity index (χ3n) is 6.59. The van der Waals surface area contributed by atoms with Gasteiger partial charge in [0.1, 0.15) is 5.65 Å². The Labute approximate surface area is 188 Å². The lowest BCUT2D eigenvalue weighted by Crippen LogP contribution is -2.22. The second-order valence-electron chi connectivity index (χ2n) is 8.59. The van der Waals surface area contributed by atoms with Gasteiger partial charge in [-0.2, -0.15) is 0 Å². The van der Waals surface area contributed by atoms with Crippen LogP contribution >= 0.6 is 0 Å². The van der Waals surface area contributed by atoms with Gasteiger partial charge in [0.15, 0.2) is 0 Å². The molecule has 5 heterocycles. The maximum Gasteiger partial charge on any atom is 0.259 e. The summed E-state index contributed by atoms with van der Waals surface area (Å²) in [6.45, 7) is 1.29. The van der Waals surface area contributed by atoms with Crippen molar-refractivity contribution in [1.29, 1.82) is 0 Å². The first-order valence-corrected chi connectivity index (χ1v) is 10.9. The molecule has 3 aromatic heterocycles. The molecule has 2 aromatic carbocycles. The molecule has 2 aliphatic heterocycles. The molecule has 33 heavy (non-hydrogen) atoms. The Balaban J connectivity index is 1.65. The number of para-hydroxylation sites is 1. The van der Waals surface area contributed by atoms with Gasteiger partial charge in [0.25, 0.3) is 11.8 Å². The van der Waals surface area contributed by atoms with Gasteiger partial charge in [0.05, 0.1) is 11.1 Å². The van der Waals surface area contributed by atoms with E-state index in [4.69, 9.17) is 0 Å². The number of amides is 2. The number of imide groups is 1. The number of benzene rings is 2. The molecule has 7 rings (SSSR count). The SMILES string of the molecule is O=C1NC(=O)C2=C1c1cn(c3ccccc13)Cc1cccc(c1)Cn1cc2c2cccnc21. The number of carbonyl (C=O) groups excluding carboxylic acids is 2. The Bertz CT molecular complexity index is 1570. The van der Waals surface area contributed by atoms with E-state index < -0.39 is 0 Å². The van der Waals surface area contributed by atoms with Crippen LogP contribution < -0.4 is 5.32 Å². The van der Waals surface area contributed by atoms with Crippen molar-refractivity contribution >= 4 is 44.9 Å². The molecule has 0 aliphatic carbocycles. The molecule has 6 bridgehead atoms. The third kappa shape index (κ3) is 2.58. The molecule has 6 heteroatoms. The molecule has 1 N–H and O–H groups in total. The topological polar surface area (TPSA) is 68.9 Å². The highest BCUT2D eigenvalue weighted by molar-refractivity contribution is 6.50. The molecule has 0 fully saturated rings. The maximum absolute atomic E-state index is 13.1. The van der Waals surface area contributed by atoms with Crippen LogP contribution in [0.5, 0.6) is 0 Å². The van der Waals surface area contributed by atoms with E-state index in [1.807, 2.05) is 42.7 Å². The number of hydrogen-bond donors (Lipinski definition) is 1. The van der Waals surface area contributed by atoms with Crippen LogP contribution in [0.4, 0.5) is 0 Å². The van der Waals surface area contributed by atoms with Crippen molar-refractivity contribution in [2.24, 2.45) is 0 Å². The van der Waals surface area contributed by atoms with Crippen LogP contribution in [0.1, 0.15) is 22.3 Å². The van der Waals surface area contributed by atoms with Gasteiger partial charge in [-0.1, -0.05) is 42.5 Å². The monoisotopic (exact) mass is 430 g/mol. The van der Waals surface area contributed by atoms with E-state index in [1.54, 1.807) is 6.20 Å². The summed E-state index contributed by atoms with van der Waals surface area (Å²) < 4.78 is 4.22. The summed E-state index contributed by atoms with van der Waals surface area (Å²) in [7, 11) is 0. The van der Waals surface area contributed by atoms with Gasteiger partial charge in [-0.15, -0.1) is 0 Å². The summed E-state index contributed by atoms with van der Waals surface area (Å²) in [6, 6.07) is 20.3. The minimum absolute atomic E-state index is 0.363. The summed E-state index contributed by atoms with van der Waals surface area (Å²) >= 11 is 0. The molecule has 0 saturated carbocycles. The van der Waals surface area contributed by atoms with Crippen LogP contribution in [0.15, 0.2) is 79.3 Å². The van der Waals surface area contributed by atoms with Gasteiger partial charge >= 0.3 is 0 Å². The van der Waals surface area contributed by atoms with E-state index in [9.17, 15) is 9.59 Å². The zero-order chi connectivity index (χ0) is 22.1. The van der Waals surface area contributed by atoms with Crippen LogP contribution in [0.3, 0.4) is 0 Å². The molecule has 0 atom stereocenters. The standard InChI is InChI=1S/C27H18N4O2/c32-26-23-20-14-30(22-9-2-1-7-18(20)22)12-16-5-3-6-17(11-16)13-31-15-21(24(23)27(33)29-26)19-8-4-10-28-25(19)31/h1-11,14-15H,12-13H2,(H,29,32,33). The molecule has 0 radical (unpaired) electrons. The Morgan fingerprint density at radius 2 is 1.39 bits per heavy atom. The van der Waals surface area contributed by atoms with Crippen molar-refractivity contribution < 1.29 is 9.59 Å². The van der Waals surface area contributed by atoms with Gasteiger partial charge in [0.2, 0.25) is 0 Å². The minimum atomic E-state index is -0.370. The second-order valence-corrected chi connectivity index (χ2v) is 8.59. The molecule has 0 unspecified atom stereocenters. The van der Waals surface area contributed by atoms with Gasteiger partial charge in [-0.05, 0) is 29.3 Å². The maximum atomic E-state index is 13.1. The average molecular weight is 430 g/mol. The number of aromatic nitrogens is 3. The quantitative estimate of drug-likeness (QED) is 0.378. The first-order chi connectivity index (χ1) is 16.2. The zero-order valence-electron chi connectivity index (χ0n) is 17.6. The fourth-order valence-corrected chi connectivity index (χ4v) is 5.21. The lowest BCUT2D eigenvalue weighted by molar-refractivity contribution is -0.122. The second kappa shape index (κ2) is 6.53. The fourth-order valence-electron chi connectivity index (χ4n) is 5.21.